The predicted octanol–water partition coefficient (Wildman–Crippen LogP) is 3.16. The molecule has 1 amide bonds. The maximum atomic E-state index is 13.7. The van der Waals surface area contributed by atoms with Crippen molar-refractivity contribution in [3.8, 4) is 16.9 Å². The molecule has 0 aliphatic heterocycles. The molecular formula is C14H12FNO2. The summed E-state index contributed by atoms with van der Waals surface area (Å²) in [6.45, 7) is 1.38. The van der Waals surface area contributed by atoms with Gasteiger partial charge in [-0.1, -0.05) is 18.2 Å². The number of hydrogen-bond donors (Lipinski definition) is 2. The second kappa shape index (κ2) is 4.87. The third kappa shape index (κ3) is 2.48. The van der Waals surface area contributed by atoms with Crippen molar-refractivity contribution in [1.29, 1.82) is 0 Å². The highest BCUT2D eigenvalue weighted by Gasteiger charge is 2.10. The molecule has 0 bridgehead atoms. The number of carbonyl (C=O) groups excluding carboxylic acids is 1. The Morgan fingerprint density at radius 2 is 1.89 bits per heavy atom. The van der Waals surface area contributed by atoms with E-state index in [1.807, 2.05) is 0 Å². The molecule has 0 heterocycles. The van der Waals surface area contributed by atoms with E-state index in [1.54, 1.807) is 24.3 Å². The minimum atomic E-state index is -0.423. The first-order chi connectivity index (χ1) is 8.58. The van der Waals surface area contributed by atoms with Crippen molar-refractivity contribution in [3.05, 3.63) is 48.3 Å². The molecule has 0 atom stereocenters. The lowest BCUT2D eigenvalue weighted by atomic mass is 10.0. The highest BCUT2D eigenvalue weighted by molar-refractivity contribution is 5.90. The molecule has 0 spiro atoms. The highest BCUT2D eigenvalue weighted by atomic mass is 19.1. The van der Waals surface area contributed by atoms with Crippen molar-refractivity contribution >= 4 is 11.6 Å². The Labute approximate surface area is 104 Å². The molecule has 0 radical (unpaired) electrons. The van der Waals surface area contributed by atoms with Crippen LogP contribution in [0.4, 0.5) is 10.1 Å². The predicted molar refractivity (Wildman–Crippen MR) is 67.8 cm³/mol. The molecule has 0 aliphatic rings. The average molecular weight is 245 g/mol. The Kier molecular flexibility index (Phi) is 3.28. The topological polar surface area (TPSA) is 49.3 Å². The van der Waals surface area contributed by atoms with Crippen LogP contribution in [0.2, 0.25) is 0 Å². The van der Waals surface area contributed by atoms with Crippen molar-refractivity contribution in [3.63, 3.8) is 0 Å². The van der Waals surface area contributed by atoms with Crippen molar-refractivity contribution in [2.75, 3.05) is 5.32 Å². The number of nitrogens with one attached hydrogen (secondary N) is 1. The number of anilines is 1. The summed E-state index contributed by atoms with van der Waals surface area (Å²) in [6.07, 6.45) is 0. The lowest BCUT2D eigenvalue weighted by molar-refractivity contribution is -0.114. The van der Waals surface area contributed by atoms with Crippen LogP contribution in [-0.2, 0) is 4.79 Å². The zero-order chi connectivity index (χ0) is 13.1. The molecule has 0 fully saturated rings. The van der Waals surface area contributed by atoms with Crippen LogP contribution in [0.5, 0.6) is 5.75 Å². The van der Waals surface area contributed by atoms with Crippen LogP contribution in [-0.4, -0.2) is 11.0 Å². The van der Waals surface area contributed by atoms with Crippen LogP contribution in [0, 0.1) is 5.82 Å². The van der Waals surface area contributed by atoms with Gasteiger partial charge in [-0.3, -0.25) is 4.79 Å². The van der Waals surface area contributed by atoms with Crippen molar-refractivity contribution in [2.45, 2.75) is 6.92 Å². The largest absolute Gasteiger partial charge is 0.507 e. The number of carbonyl (C=O) groups is 1. The van der Waals surface area contributed by atoms with Crippen LogP contribution in [0.1, 0.15) is 6.92 Å². The third-order valence-electron chi connectivity index (χ3n) is 2.48. The quantitative estimate of drug-likeness (QED) is 0.798. The van der Waals surface area contributed by atoms with E-state index in [-0.39, 0.29) is 11.7 Å². The van der Waals surface area contributed by atoms with Gasteiger partial charge in [-0.15, -0.1) is 0 Å². The van der Waals surface area contributed by atoms with Crippen molar-refractivity contribution < 1.29 is 14.3 Å². The zero-order valence-electron chi connectivity index (χ0n) is 9.77. The number of benzene rings is 2. The van der Waals surface area contributed by atoms with Crippen LogP contribution in [0.3, 0.4) is 0 Å². The Morgan fingerprint density at radius 3 is 2.56 bits per heavy atom. The summed E-state index contributed by atoms with van der Waals surface area (Å²) < 4.78 is 13.7. The summed E-state index contributed by atoms with van der Waals surface area (Å²) in [5.74, 6) is -0.679. The monoisotopic (exact) mass is 245 g/mol. The number of hydrogen-bond acceptors (Lipinski definition) is 2. The molecule has 0 saturated heterocycles. The molecule has 0 saturated carbocycles. The van der Waals surface area contributed by atoms with Crippen LogP contribution >= 0.6 is 0 Å². The number of amides is 1. The fourth-order valence-corrected chi connectivity index (χ4v) is 1.71. The molecular weight excluding hydrogens is 233 g/mol. The van der Waals surface area contributed by atoms with Gasteiger partial charge in [0.2, 0.25) is 5.91 Å². The minimum absolute atomic E-state index is 0.0331. The molecule has 3 nitrogen and oxygen atoms in total. The van der Waals surface area contributed by atoms with E-state index in [1.165, 1.54) is 25.1 Å². The number of aromatic hydroxyl groups is 1. The van der Waals surface area contributed by atoms with Gasteiger partial charge < -0.3 is 10.4 Å². The second-order valence-corrected chi connectivity index (χ2v) is 3.89. The molecule has 2 aromatic rings. The molecule has 92 valence electrons. The lowest BCUT2D eigenvalue weighted by Crippen LogP contribution is -2.05. The fourth-order valence-electron chi connectivity index (χ4n) is 1.71. The zero-order valence-corrected chi connectivity index (χ0v) is 9.77. The summed E-state index contributed by atoms with van der Waals surface area (Å²) in [5, 5.41) is 12.4. The van der Waals surface area contributed by atoms with E-state index in [0.717, 1.165) is 0 Å². The van der Waals surface area contributed by atoms with Gasteiger partial charge in [-0.2, -0.15) is 0 Å². The van der Waals surface area contributed by atoms with Crippen molar-refractivity contribution in [1.82, 2.24) is 0 Å². The number of phenolic OH excluding ortho intramolecular Hbond substituents is 1. The SMILES string of the molecule is CC(=O)Nc1ccc(O)c(-c2ccccc2F)c1. The first kappa shape index (κ1) is 12.1. The van der Waals surface area contributed by atoms with E-state index < -0.39 is 5.82 Å². The Balaban J connectivity index is 2.50. The molecule has 2 rings (SSSR count). The van der Waals surface area contributed by atoms with Gasteiger partial charge in [-0.25, -0.2) is 4.39 Å². The smallest absolute Gasteiger partial charge is 0.221 e. The van der Waals surface area contributed by atoms with Gasteiger partial charge in [0.25, 0.3) is 0 Å². The maximum absolute atomic E-state index is 13.7. The van der Waals surface area contributed by atoms with Gasteiger partial charge in [0, 0.05) is 23.7 Å². The Morgan fingerprint density at radius 1 is 1.17 bits per heavy atom. The lowest BCUT2D eigenvalue weighted by Gasteiger charge is -2.09. The standard InChI is InChI=1S/C14H12FNO2/c1-9(17)16-10-6-7-14(18)12(8-10)11-4-2-3-5-13(11)15/h2-8,18H,1H3,(H,16,17). The van der Waals surface area contributed by atoms with Gasteiger partial charge in [-0.05, 0) is 24.3 Å². The first-order valence-electron chi connectivity index (χ1n) is 5.43. The van der Waals surface area contributed by atoms with E-state index in [0.29, 0.717) is 16.8 Å². The molecule has 2 N–H and O–H groups in total. The first-order valence-corrected chi connectivity index (χ1v) is 5.43. The maximum Gasteiger partial charge on any atom is 0.221 e. The van der Waals surface area contributed by atoms with Crippen LogP contribution in [0.25, 0.3) is 11.1 Å². The molecule has 0 aliphatic carbocycles. The van der Waals surface area contributed by atoms with E-state index >= 15 is 0 Å². The number of rotatable bonds is 2. The number of phenols is 1. The van der Waals surface area contributed by atoms with E-state index in [4.69, 9.17) is 0 Å². The molecule has 0 aromatic heterocycles. The van der Waals surface area contributed by atoms with E-state index in [2.05, 4.69) is 5.32 Å². The van der Waals surface area contributed by atoms with Crippen LogP contribution < -0.4 is 5.32 Å². The van der Waals surface area contributed by atoms with E-state index in [9.17, 15) is 14.3 Å². The van der Waals surface area contributed by atoms with Gasteiger partial charge in [0.05, 0.1) is 0 Å². The summed E-state index contributed by atoms with van der Waals surface area (Å²) in [4.78, 5) is 11.0. The van der Waals surface area contributed by atoms with Gasteiger partial charge in [0.15, 0.2) is 0 Å². The third-order valence-corrected chi connectivity index (χ3v) is 2.48. The van der Waals surface area contributed by atoms with Gasteiger partial charge in [0.1, 0.15) is 11.6 Å². The normalized spacial score (nSPS) is 10.1. The second-order valence-electron chi connectivity index (χ2n) is 3.89. The fraction of sp³-hybridized carbons (Fsp3) is 0.0714. The average Bonchev–Trinajstić information content (AvgIpc) is 2.32. The Hall–Kier alpha value is -2.36. The summed E-state index contributed by atoms with van der Waals surface area (Å²) in [5.41, 5.74) is 1.15. The molecule has 2 aromatic carbocycles. The summed E-state index contributed by atoms with van der Waals surface area (Å²) >= 11 is 0. The molecule has 18 heavy (non-hydrogen) atoms. The Bertz CT molecular complexity index is 596. The van der Waals surface area contributed by atoms with Crippen molar-refractivity contribution in [2.24, 2.45) is 0 Å². The minimum Gasteiger partial charge on any atom is -0.507 e. The highest BCUT2D eigenvalue weighted by Crippen LogP contribution is 2.33. The summed E-state index contributed by atoms with van der Waals surface area (Å²) in [7, 11) is 0. The van der Waals surface area contributed by atoms with Crippen LogP contribution in [0.15, 0.2) is 42.5 Å². The molecule has 0 unspecified atom stereocenters. The van der Waals surface area contributed by atoms with Gasteiger partial charge >= 0.3 is 0 Å². The number of halogens is 1. The molecule has 4 heteroatoms. The summed E-state index contributed by atoms with van der Waals surface area (Å²) in [6, 6.07) is 10.7.